The standard InChI is InChI=1S/C9H16F3NO2/c1-4-15-6-8(2,3)5-13-7(14)9(10,11)12/h4-6H2,1-3H3,(H,13,14). The van der Waals surface area contributed by atoms with Gasteiger partial charge in [-0.15, -0.1) is 0 Å². The lowest BCUT2D eigenvalue weighted by atomic mass is 9.95. The molecule has 0 spiro atoms. The normalized spacial score (nSPS) is 12.7. The molecule has 6 heteroatoms. The molecule has 0 aromatic heterocycles. The van der Waals surface area contributed by atoms with Gasteiger partial charge < -0.3 is 10.1 Å². The van der Waals surface area contributed by atoms with Gasteiger partial charge in [0, 0.05) is 18.6 Å². The van der Waals surface area contributed by atoms with Crippen molar-refractivity contribution in [1.82, 2.24) is 5.32 Å². The van der Waals surface area contributed by atoms with Crippen molar-refractivity contribution >= 4 is 5.91 Å². The van der Waals surface area contributed by atoms with E-state index in [-0.39, 0.29) is 6.54 Å². The molecule has 0 unspecified atom stereocenters. The van der Waals surface area contributed by atoms with E-state index >= 15 is 0 Å². The predicted molar refractivity (Wildman–Crippen MR) is 49.3 cm³/mol. The molecule has 0 aliphatic rings. The van der Waals surface area contributed by atoms with Gasteiger partial charge in [0.05, 0.1) is 6.61 Å². The molecule has 15 heavy (non-hydrogen) atoms. The average molecular weight is 227 g/mol. The number of carbonyl (C=O) groups excluding carboxylic acids is 1. The Morgan fingerprint density at radius 1 is 1.33 bits per heavy atom. The molecular formula is C9H16F3NO2. The number of ether oxygens (including phenoxy) is 1. The second-order valence-electron chi connectivity index (χ2n) is 3.98. The van der Waals surface area contributed by atoms with E-state index in [0.29, 0.717) is 13.2 Å². The number of nitrogens with one attached hydrogen (secondary N) is 1. The molecule has 0 bridgehead atoms. The van der Waals surface area contributed by atoms with Crippen LogP contribution in [-0.4, -0.2) is 31.8 Å². The summed E-state index contributed by atoms with van der Waals surface area (Å²) in [7, 11) is 0. The monoisotopic (exact) mass is 227 g/mol. The maximum atomic E-state index is 11.8. The Morgan fingerprint density at radius 3 is 2.27 bits per heavy atom. The predicted octanol–water partition coefficient (Wildman–Crippen LogP) is 1.73. The molecule has 0 rings (SSSR count). The molecule has 0 saturated carbocycles. The first-order chi connectivity index (χ1) is 6.69. The van der Waals surface area contributed by atoms with Crippen LogP contribution in [0.15, 0.2) is 0 Å². The molecule has 0 heterocycles. The molecule has 1 amide bonds. The van der Waals surface area contributed by atoms with Gasteiger partial charge in [-0.2, -0.15) is 13.2 Å². The van der Waals surface area contributed by atoms with Crippen LogP contribution in [0.25, 0.3) is 0 Å². The van der Waals surface area contributed by atoms with Crippen LogP contribution in [0, 0.1) is 5.41 Å². The third-order valence-electron chi connectivity index (χ3n) is 1.68. The second-order valence-corrected chi connectivity index (χ2v) is 3.98. The van der Waals surface area contributed by atoms with Gasteiger partial charge in [0.25, 0.3) is 0 Å². The minimum absolute atomic E-state index is 0.0641. The smallest absolute Gasteiger partial charge is 0.381 e. The molecule has 1 N–H and O–H groups in total. The van der Waals surface area contributed by atoms with E-state index in [1.807, 2.05) is 5.32 Å². The molecule has 0 saturated heterocycles. The van der Waals surface area contributed by atoms with E-state index < -0.39 is 17.5 Å². The minimum Gasteiger partial charge on any atom is -0.381 e. The van der Waals surface area contributed by atoms with Gasteiger partial charge in [0.1, 0.15) is 0 Å². The summed E-state index contributed by atoms with van der Waals surface area (Å²) < 4.78 is 40.6. The highest BCUT2D eigenvalue weighted by Gasteiger charge is 2.39. The molecule has 0 aliphatic heterocycles. The summed E-state index contributed by atoms with van der Waals surface area (Å²) in [5.41, 5.74) is -0.503. The van der Waals surface area contributed by atoms with Gasteiger partial charge in [-0.05, 0) is 6.92 Å². The van der Waals surface area contributed by atoms with Crippen molar-refractivity contribution in [3.05, 3.63) is 0 Å². The fourth-order valence-corrected chi connectivity index (χ4v) is 0.849. The van der Waals surface area contributed by atoms with E-state index in [4.69, 9.17) is 4.74 Å². The molecule has 90 valence electrons. The summed E-state index contributed by atoms with van der Waals surface area (Å²) >= 11 is 0. The molecular weight excluding hydrogens is 211 g/mol. The zero-order valence-corrected chi connectivity index (χ0v) is 9.07. The summed E-state index contributed by atoms with van der Waals surface area (Å²) in [6.07, 6.45) is -4.82. The summed E-state index contributed by atoms with van der Waals surface area (Å²) in [6.45, 7) is 5.98. The van der Waals surface area contributed by atoms with E-state index in [1.54, 1.807) is 20.8 Å². The number of hydrogen-bond donors (Lipinski definition) is 1. The van der Waals surface area contributed by atoms with Crippen LogP contribution >= 0.6 is 0 Å². The largest absolute Gasteiger partial charge is 0.471 e. The lowest BCUT2D eigenvalue weighted by Crippen LogP contribution is -2.43. The summed E-state index contributed by atoms with van der Waals surface area (Å²) in [6, 6.07) is 0. The molecule has 0 aliphatic carbocycles. The number of carbonyl (C=O) groups is 1. The van der Waals surface area contributed by atoms with E-state index in [1.165, 1.54) is 0 Å². The van der Waals surface area contributed by atoms with Crippen LogP contribution in [0.3, 0.4) is 0 Å². The van der Waals surface area contributed by atoms with Crippen molar-refractivity contribution in [2.24, 2.45) is 5.41 Å². The van der Waals surface area contributed by atoms with Gasteiger partial charge in [-0.25, -0.2) is 0 Å². The molecule has 0 atom stereocenters. The minimum atomic E-state index is -4.82. The Hall–Kier alpha value is -0.780. The Kier molecular flexibility index (Phi) is 5.07. The first-order valence-corrected chi connectivity index (χ1v) is 4.62. The quantitative estimate of drug-likeness (QED) is 0.776. The number of hydrogen-bond acceptors (Lipinski definition) is 2. The van der Waals surface area contributed by atoms with Crippen molar-refractivity contribution in [2.45, 2.75) is 26.9 Å². The maximum absolute atomic E-state index is 11.8. The van der Waals surface area contributed by atoms with Crippen LogP contribution in [0.2, 0.25) is 0 Å². The number of rotatable bonds is 5. The van der Waals surface area contributed by atoms with Crippen molar-refractivity contribution in [3.8, 4) is 0 Å². The van der Waals surface area contributed by atoms with Crippen molar-refractivity contribution in [2.75, 3.05) is 19.8 Å². The zero-order chi connectivity index (χ0) is 12.1. The number of amides is 1. The first-order valence-electron chi connectivity index (χ1n) is 4.62. The van der Waals surface area contributed by atoms with Gasteiger partial charge in [-0.1, -0.05) is 13.8 Å². The highest BCUT2D eigenvalue weighted by Crippen LogP contribution is 2.17. The van der Waals surface area contributed by atoms with Crippen LogP contribution < -0.4 is 5.32 Å². The van der Waals surface area contributed by atoms with Crippen LogP contribution in [0.4, 0.5) is 13.2 Å². The third-order valence-corrected chi connectivity index (χ3v) is 1.68. The van der Waals surface area contributed by atoms with Crippen molar-refractivity contribution in [1.29, 1.82) is 0 Å². The second kappa shape index (κ2) is 5.34. The summed E-state index contributed by atoms with van der Waals surface area (Å²) in [5, 5.41) is 1.83. The lowest BCUT2D eigenvalue weighted by Gasteiger charge is -2.24. The van der Waals surface area contributed by atoms with E-state index in [9.17, 15) is 18.0 Å². The Labute approximate surface area is 87.0 Å². The fourth-order valence-electron chi connectivity index (χ4n) is 0.849. The van der Waals surface area contributed by atoms with Crippen LogP contribution in [-0.2, 0) is 9.53 Å². The van der Waals surface area contributed by atoms with Gasteiger partial charge in [-0.3, -0.25) is 4.79 Å². The topological polar surface area (TPSA) is 38.3 Å². The van der Waals surface area contributed by atoms with E-state index in [0.717, 1.165) is 0 Å². The molecule has 0 aromatic rings. The van der Waals surface area contributed by atoms with Gasteiger partial charge in [0.2, 0.25) is 0 Å². The highest BCUT2D eigenvalue weighted by molar-refractivity contribution is 5.81. The zero-order valence-electron chi connectivity index (χ0n) is 9.07. The Balaban J connectivity index is 3.98. The summed E-state index contributed by atoms with van der Waals surface area (Å²) in [5.74, 6) is -1.91. The van der Waals surface area contributed by atoms with Crippen LogP contribution in [0.1, 0.15) is 20.8 Å². The number of halogens is 3. The average Bonchev–Trinajstić information content (AvgIpc) is 2.09. The first kappa shape index (κ1) is 14.2. The Morgan fingerprint density at radius 2 is 1.87 bits per heavy atom. The molecule has 0 radical (unpaired) electrons. The lowest BCUT2D eigenvalue weighted by molar-refractivity contribution is -0.174. The number of alkyl halides is 3. The Bertz CT molecular complexity index is 214. The highest BCUT2D eigenvalue weighted by atomic mass is 19.4. The summed E-state index contributed by atoms with van der Waals surface area (Å²) in [4.78, 5) is 10.5. The SMILES string of the molecule is CCOCC(C)(C)CNC(=O)C(F)(F)F. The van der Waals surface area contributed by atoms with Crippen molar-refractivity contribution in [3.63, 3.8) is 0 Å². The van der Waals surface area contributed by atoms with Crippen LogP contribution in [0.5, 0.6) is 0 Å². The van der Waals surface area contributed by atoms with E-state index in [2.05, 4.69) is 0 Å². The van der Waals surface area contributed by atoms with Crippen molar-refractivity contribution < 1.29 is 22.7 Å². The molecule has 0 aromatic carbocycles. The molecule has 0 fully saturated rings. The van der Waals surface area contributed by atoms with Gasteiger partial charge in [0.15, 0.2) is 0 Å². The molecule has 3 nitrogen and oxygen atoms in total. The maximum Gasteiger partial charge on any atom is 0.471 e. The van der Waals surface area contributed by atoms with Gasteiger partial charge >= 0.3 is 12.1 Å². The third kappa shape index (κ3) is 6.33. The fraction of sp³-hybridized carbons (Fsp3) is 0.889.